The van der Waals surface area contributed by atoms with Gasteiger partial charge in [0.1, 0.15) is 23.0 Å². The standard InChI is InChI=1S/C26H25FN4O2/c1-16-4-6-19(7-5-16)22(28-18(3)32)15-24(33)30-26-25(20-8-10-21(27)11-9-20)29-23-14-17(2)12-13-31(23)26/h4-14,22H,15H2,1-3H3,(H,28,32)(H,30,33). The number of hydrogen-bond donors (Lipinski definition) is 2. The maximum absolute atomic E-state index is 13.5. The van der Waals surface area contributed by atoms with E-state index in [0.717, 1.165) is 16.7 Å². The molecule has 0 spiro atoms. The summed E-state index contributed by atoms with van der Waals surface area (Å²) >= 11 is 0. The number of benzene rings is 2. The van der Waals surface area contributed by atoms with Crippen molar-refractivity contribution in [3.63, 3.8) is 0 Å². The predicted octanol–water partition coefficient (Wildman–Crippen LogP) is 4.96. The summed E-state index contributed by atoms with van der Waals surface area (Å²) in [7, 11) is 0. The smallest absolute Gasteiger partial charge is 0.227 e. The molecule has 0 saturated carbocycles. The lowest BCUT2D eigenvalue weighted by Gasteiger charge is -2.18. The molecule has 2 N–H and O–H groups in total. The van der Waals surface area contributed by atoms with Gasteiger partial charge in [0, 0.05) is 18.7 Å². The molecule has 0 aliphatic heterocycles. The first-order chi connectivity index (χ1) is 15.8. The maximum Gasteiger partial charge on any atom is 0.227 e. The third kappa shape index (κ3) is 5.09. The van der Waals surface area contributed by atoms with Crippen LogP contribution in [0.1, 0.15) is 36.1 Å². The van der Waals surface area contributed by atoms with Gasteiger partial charge in [-0.25, -0.2) is 9.37 Å². The molecule has 0 aliphatic carbocycles. The normalized spacial score (nSPS) is 11.9. The van der Waals surface area contributed by atoms with Crippen molar-refractivity contribution < 1.29 is 14.0 Å². The van der Waals surface area contributed by atoms with E-state index in [1.165, 1.54) is 19.1 Å². The molecule has 7 heteroatoms. The fraction of sp³-hybridized carbons (Fsp3) is 0.192. The number of amides is 2. The van der Waals surface area contributed by atoms with Crippen molar-refractivity contribution in [2.45, 2.75) is 33.2 Å². The van der Waals surface area contributed by atoms with Crippen molar-refractivity contribution in [1.82, 2.24) is 14.7 Å². The number of pyridine rings is 1. The van der Waals surface area contributed by atoms with Gasteiger partial charge in [0.2, 0.25) is 11.8 Å². The SMILES string of the molecule is CC(=O)NC(CC(=O)Nc1c(-c2ccc(F)cc2)nc2cc(C)ccn12)c1ccc(C)cc1. The Hall–Kier alpha value is -4.00. The second kappa shape index (κ2) is 9.24. The molecule has 0 radical (unpaired) electrons. The lowest BCUT2D eigenvalue weighted by molar-refractivity contribution is -0.120. The van der Waals surface area contributed by atoms with Crippen molar-refractivity contribution in [3.8, 4) is 11.3 Å². The van der Waals surface area contributed by atoms with Gasteiger partial charge in [-0.1, -0.05) is 29.8 Å². The lowest BCUT2D eigenvalue weighted by atomic mass is 10.0. The molecule has 0 aliphatic rings. The number of carbonyl (C=O) groups is 2. The number of hydrogen-bond acceptors (Lipinski definition) is 3. The Kier molecular flexibility index (Phi) is 6.22. The molecule has 2 heterocycles. The van der Waals surface area contributed by atoms with E-state index in [0.29, 0.717) is 22.7 Å². The second-order valence-corrected chi connectivity index (χ2v) is 8.16. The molecular weight excluding hydrogens is 419 g/mol. The number of imidazole rings is 1. The highest BCUT2D eigenvalue weighted by Gasteiger charge is 2.21. The van der Waals surface area contributed by atoms with Crippen LogP contribution < -0.4 is 10.6 Å². The maximum atomic E-state index is 13.5. The van der Waals surface area contributed by atoms with Crippen molar-refractivity contribution in [2.24, 2.45) is 0 Å². The lowest BCUT2D eigenvalue weighted by Crippen LogP contribution is -2.30. The highest BCUT2D eigenvalue weighted by atomic mass is 19.1. The number of nitrogens with one attached hydrogen (secondary N) is 2. The van der Waals surface area contributed by atoms with Crippen molar-refractivity contribution in [1.29, 1.82) is 0 Å². The minimum Gasteiger partial charge on any atom is -0.349 e. The molecule has 2 aromatic heterocycles. The fourth-order valence-electron chi connectivity index (χ4n) is 3.74. The number of fused-ring (bicyclic) bond motifs is 1. The van der Waals surface area contributed by atoms with E-state index >= 15 is 0 Å². The van der Waals surface area contributed by atoms with Crippen LogP contribution in [0.15, 0.2) is 66.9 Å². The first kappa shape index (κ1) is 22.2. The monoisotopic (exact) mass is 444 g/mol. The summed E-state index contributed by atoms with van der Waals surface area (Å²) in [5, 5.41) is 5.83. The van der Waals surface area contributed by atoms with E-state index in [1.807, 2.05) is 56.4 Å². The average molecular weight is 445 g/mol. The number of anilines is 1. The van der Waals surface area contributed by atoms with Crippen LogP contribution in [-0.4, -0.2) is 21.2 Å². The largest absolute Gasteiger partial charge is 0.349 e. The van der Waals surface area contributed by atoms with Gasteiger partial charge in [-0.3, -0.25) is 14.0 Å². The van der Waals surface area contributed by atoms with Gasteiger partial charge in [-0.05, 0) is 61.4 Å². The third-order valence-electron chi connectivity index (χ3n) is 5.40. The molecule has 2 aromatic carbocycles. The van der Waals surface area contributed by atoms with E-state index in [-0.39, 0.29) is 24.1 Å². The molecule has 4 aromatic rings. The van der Waals surface area contributed by atoms with Crippen LogP contribution in [0.5, 0.6) is 0 Å². The first-order valence-electron chi connectivity index (χ1n) is 10.7. The Bertz CT molecular complexity index is 1310. The van der Waals surface area contributed by atoms with Gasteiger partial charge >= 0.3 is 0 Å². The molecular formula is C26H25FN4O2. The summed E-state index contributed by atoms with van der Waals surface area (Å²) in [6.07, 6.45) is 1.89. The molecule has 0 saturated heterocycles. The fourth-order valence-corrected chi connectivity index (χ4v) is 3.74. The summed E-state index contributed by atoms with van der Waals surface area (Å²) in [6.45, 7) is 5.37. The van der Waals surface area contributed by atoms with Gasteiger partial charge in [-0.2, -0.15) is 0 Å². The second-order valence-electron chi connectivity index (χ2n) is 8.16. The van der Waals surface area contributed by atoms with E-state index < -0.39 is 6.04 Å². The molecule has 33 heavy (non-hydrogen) atoms. The van der Waals surface area contributed by atoms with E-state index in [9.17, 15) is 14.0 Å². The molecule has 0 fully saturated rings. The number of aryl methyl sites for hydroxylation is 2. The first-order valence-corrected chi connectivity index (χ1v) is 10.7. The molecule has 6 nitrogen and oxygen atoms in total. The Balaban J connectivity index is 1.67. The summed E-state index contributed by atoms with van der Waals surface area (Å²) in [6, 6.07) is 17.1. The van der Waals surface area contributed by atoms with Crippen LogP contribution in [-0.2, 0) is 9.59 Å². The van der Waals surface area contributed by atoms with E-state index in [4.69, 9.17) is 0 Å². The summed E-state index contributed by atoms with van der Waals surface area (Å²) < 4.78 is 15.3. The summed E-state index contributed by atoms with van der Waals surface area (Å²) in [5.74, 6) is -0.349. The Morgan fingerprint density at radius 3 is 2.36 bits per heavy atom. The predicted molar refractivity (Wildman–Crippen MR) is 126 cm³/mol. The van der Waals surface area contributed by atoms with E-state index in [2.05, 4.69) is 15.6 Å². The summed E-state index contributed by atoms with van der Waals surface area (Å²) in [4.78, 5) is 29.6. The van der Waals surface area contributed by atoms with Crippen molar-refractivity contribution in [2.75, 3.05) is 5.32 Å². The van der Waals surface area contributed by atoms with Gasteiger partial charge in [0.05, 0.1) is 12.5 Å². The highest BCUT2D eigenvalue weighted by molar-refractivity contribution is 5.95. The summed E-state index contributed by atoms with van der Waals surface area (Å²) in [5.41, 5.74) is 4.86. The van der Waals surface area contributed by atoms with Crippen LogP contribution in [0, 0.1) is 19.7 Å². The van der Waals surface area contributed by atoms with Gasteiger partial charge in [-0.15, -0.1) is 0 Å². The van der Waals surface area contributed by atoms with E-state index in [1.54, 1.807) is 16.5 Å². The van der Waals surface area contributed by atoms with Gasteiger partial charge in [0.25, 0.3) is 0 Å². The topological polar surface area (TPSA) is 75.5 Å². The number of halogens is 1. The van der Waals surface area contributed by atoms with Crippen LogP contribution in [0.4, 0.5) is 10.2 Å². The Morgan fingerprint density at radius 1 is 1.00 bits per heavy atom. The minimum atomic E-state index is -0.473. The molecule has 2 amide bonds. The molecule has 1 unspecified atom stereocenters. The zero-order valence-corrected chi connectivity index (χ0v) is 18.7. The number of nitrogens with zero attached hydrogens (tertiary/aromatic N) is 2. The van der Waals surface area contributed by atoms with Crippen LogP contribution in [0.2, 0.25) is 0 Å². The highest BCUT2D eigenvalue weighted by Crippen LogP contribution is 2.30. The quantitative estimate of drug-likeness (QED) is 0.441. The van der Waals surface area contributed by atoms with Crippen LogP contribution >= 0.6 is 0 Å². The van der Waals surface area contributed by atoms with Gasteiger partial charge < -0.3 is 10.6 Å². The van der Waals surface area contributed by atoms with Crippen molar-refractivity contribution in [3.05, 3.63) is 89.4 Å². The Labute approximate surface area is 191 Å². The Morgan fingerprint density at radius 2 is 1.70 bits per heavy atom. The van der Waals surface area contributed by atoms with Crippen molar-refractivity contribution >= 4 is 23.3 Å². The average Bonchev–Trinajstić information content (AvgIpc) is 3.11. The number of rotatable bonds is 6. The minimum absolute atomic E-state index is 0.0462. The third-order valence-corrected chi connectivity index (χ3v) is 5.40. The molecule has 4 rings (SSSR count). The zero-order valence-electron chi connectivity index (χ0n) is 18.7. The molecule has 168 valence electrons. The van der Waals surface area contributed by atoms with Gasteiger partial charge in [0.15, 0.2) is 0 Å². The van der Waals surface area contributed by atoms with Crippen LogP contribution in [0.25, 0.3) is 16.9 Å². The zero-order chi connectivity index (χ0) is 23.5. The van der Waals surface area contributed by atoms with Crippen LogP contribution in [0.3, 0.4) is 0 Å². The molecule has 1 atom stereocenters. The number of aromatic nitrogens is 2. The number of carbonyl (C=O) groups excluding carboxylic acids is 2. The molecule has 0 bridgehead atoms.